The van der Waals surface area contributed by atoms with Crippen LogP contribution in [-0.2, 0) is 0 Å². The zero-order valence-corrected chi connectivity index (χ0v) is 11.3. The molecule has 0 heterocycles. The number of benzene rings is 1. The number of hydrogen-bond donors (Lipinski definition) is 0. The van der Waals surface area contributed by atoms with Crippen LogP contribution in [0.5, 0.6) is 0 Å². The molecule has 0 aliphatic rings. The highest BCUT2D eigenvalue weighted by atomic mass is 28.3. The molecule has 86 valence electrons. The lowest BCUT2D eigenvalue weighted by Crippen LogP contribution is -2.39. The van der Waals surface area contributed by atoms with Crippen LogP contribution in [0, 0.1) is 0 Å². The molecule has 0 aliphatic heterocycles. The Morgan fingerprint density at radius 2 is 1.88 bits per heavy atom. The van der Waals surface area contributed by atoms with Crippen molar-refractivity contribution < 1.29 is 4.79 Å². The Hall–Kier alpha value is -1.42. The Morgan fingerprint density at radius 3 is 2.44 bits per heavy atom. The summed E-state index contributed by atoms with van der Waals surface area (Å²) in [5.74, 6) is 0. The molecule has 0 spiro atoms. The Kier molecular flexibility index (Phi) is 4.01. The summed E-state index contributed by atoms with van der Waals surface area (Å²) in [5, 5.41) is 4.40. The molecule has 0 radical (unpaired) electrons. The van der Waals surface area contributed by atoms with Crippen LogP contribution in [0.3, 0.4) is 0 Å². The van der Waals surface area contributed by atoms with Crippen molar-refractivity contribution in [3.8, 4) is 0 Å². The number of carbonyl (C=O) groups is 1. The SMILES string of the molecule is CN(/N=C/c1cccc(C=O)c1)[Si](C)(C)C. The van der Waals surface area contributed by atoms with Crippen LogP contribution < -0.4 is 0 Å². The summed E-state index contributed by atoms with van der Waals surface area (Å²) in [5.41, 5.74) is 1.63. The van der Waals surface area contributed by atoms with Gasteiger partial charge in [-0.3, -0.25) is 4.79 Å². The van der Waals surface area contributed by atoms with Gasteiger partial charge in [-0.2, -0.15) is 5.10 Å². The van der Waals surface area contributed by atoms with Crippen molar-refractivity contribution in [2.24, 2.45) is 5.10 Å². The highest BCUT2D eigenvalue weighted by Gasteiger charge is 2.18. The lowest BCUT2D eigenvalue weighted by molar-refractivity contribution is 0.112. The molecule has 16 heavy (non-hydrogen) atoms. The number of hydrogen-bond acceptors (Lipinski definition) is 3. The van der Waals surface area contributed by atoms with E-state index in [2.05, 4.69) is 24.7 Å². The Morgan fingerprint density at radius 1 is 1.25 bits per heavy atom. The molecule has 0 bridgehead atoms. The molecule has 1 rings (SSSR count). The summed E-state index contributed by atoms with van der Waals surface area (Å²) in [4.78, 5) is 10.6. The first-order chi connectivity index (χ1) is 7.43. The van der Waals surface area contributed by atoms with Gasteiger partial charge in [-0.1, -0.05) is 37.8 Å². The second-order valence-corrected chi connectivity index (χ2v) is 9.72. The fourth-order valence-electron chi connectivity index (χ4n) is 1.04. The summed E-state index contributed by atoms with van der Waals surface area (Å²) in [6.07, 6.45) is 2.64. The molecular weight excluding hydrogens is 216 g/mol. The van der Waals surface area contributed by atoms with Gasteiger partial charge >= 0.3 is 0 Å². The molecule has 0 saturated carbocycles. The molecule has 1 aromatic carbocycles. The number of hydrazone groups is 1. The lowest BCUT2D eigenvalue weighted by Gasteiger charge is -2.26. The third-order valence-corrected chi connectivity index (χ3v) is 4.45. The van der Waals surface area contributed by atoms with Crippen LogP contribution in [-0.4, -0.2) is 32.5 Å². The van der Waals surface area contributed by atoms with E-state index in [0.29, 0.717) is 5.56 Å². The van der Waals surface area contributed by atoms with Gasteiger partial charge in [-0.15, -0.1) is 0 Å². The van der Waals surface area contributed by atoms with Gasteiger partial charge in [0.2, 0.25) is 0 Å². The van der Waals surface area contributed by atoms with E-state index in [0.717, 1.165) is 11.8 Å². The minimum absolute atomic E-state index is 0.680. The standard InChI is InChI=1S/C12H18N2OSi/c1-14(16(2,3)4)13-9-11-6-5-7-12(8-11)10-15/h5-10H,1-4H3/b13-9+. The van der Waals surface area contributed by atoms with Crippen molar-refractivity contribution in [2.45, 2.75) is 19.6 Å². The molecule has 0 aliphatic carbocycles. The van der Waals surface area contributed by atoms with Gasteiger partial charge in [-0.25, -0.2) is 0 Å². The smallest absolute Gasteiger partial charge is 0.168 e. The van der Waals surface area contributed by atoms with Crippen LogP contribution in [0.4, 0.5) is 0 Å². The first-order valence-corrected chi connectivity index (χ1v) is 8.71. The Balaban J connectivity index is 2.80. The van der Waals surface area contributed by atoms with E-state index in [1.54, 1.807) is 12.3 Å². The highest BCUT2D eigenvalue weighted by Crippen LogP contribution is 2.07. The van der Waals surface area contributed by atoms with E-state index in [-0.39, 0.29) is 0 Å². The molecule has 3 nitrogen and oxygen atoms in total. The number of aldehydes is 1. The quantitative estimate of drug-likeness (QED) is 0.347. The van der Waals surface area contributed by atoms with Crippen molar-refractivity contribution in [3.05, 3.63) is 35.4 Å². The van der Waals surface area contributed by atoms with E-state index in [9.17, 15) is 4.79 Å². The van der Waals surface area contributed by atoms with Gasteiger partial charge in [0, 0.05) is 12.6 Å². The predicted molar refractivity (Wildman–Crippen MR) is 70.5 cm³/mol. The average molecular weight is 234 g/mol. The maximum absolute atomic E-state index is 10.6. The van der Waals surface area contributed by atoms with Crippen LogP contribution in [0.2, 0.25) is 19.6 Å². The normalized spacial score (nSPS) is 11.8. The van der Waals surface area contributed by atoms with Gasteiger partial charge < -0.3 is 4.67 Å². The van der Waals surface area contributed by atoms with E-state index >= 15 is 0 Å². The highest BCUT2D eigenvalue weighted by molar-refractivity contribution is 6.73. The minimum Gasteiger partial charge on any atom is -0.328 e. The van der Waals surface area contributed by atoms with Crippen molar-refractivity contribution in [2.75, 3.05) is 7.05 Å². The fraction of sp³-hybridized carbons (Fsp3) is 0.333. The van der Waals surface area contributed by atoms with Gasteiger partial charge in [0.05, 0.1) is 6.21 Å². The van der Waals surface area contributed by atoms with E-state index in [1.165, 1.54) is 0 Å². The third kappa shape index (κ3) is 3.62. The molecule has 0 unspecified atom stereocenters. The number of carbonyl (C=O) groups excluding carboxylic acids is 1. The zero-order valence-electron chi connectivity index (χ0n) is 10.3. The summed E-state index contributed by atoms with van der Waals surface area (Å²) in [6.45, 7) is 6.69. The molecule has 4 heteroatoms. The maximum atomic E-state index is 10.6. The van der Waals surface area contributed by atoms with Gasteiger partial charge in [0.15, 0.2) is 8.24 Å². The van der Waals surface area contributed by atoms with Crippen molar-refractivity contribution >= 4 is 20.7 Å². The lowest BCUT2D eigenvalue weighted by atomic mass is 10.1. The van der Waals surface area contributed by atoms with Crippen molar-refractivity contribution in [3.63, 3.8) is 0 Å². The van der Waals surface area contributed by atoms with Crippen LogP contribution in [0.15, 0.2) is 29.4 Å². The summed E-state index contributed by atoms with van der Waals surface area (Å²) >= 11 is 0. The number of nitrogens with zero attached hydrogens (tertiary/aromatic N) is 2. The van der Waals surface area contributed by atoms with Gasteiger partial charge in [0.1, 0.15) is 6.29 Å². The largest absolute Gasteiger partial charge is 0.328 e. The monoisotopic (exact) mass is 234 g/mol. The van der Waals surface area contributed by atoms with Crippen LogP contribution in [0.25, 0.3) is 0 Å². The minimum atomic E-state index is -1.37. The van der Waals surface area contributed by atoms with Crippen molar-refractivity contribution in [1.82, 2.24) is 4.67 Å². The van der Waals surface area contributed by atoms with Crippen LogP contribution >= 0.6 is 0 Å². The zero-order chi connectivity index (χ0) is 12.2. The number of rotatable bonds is 4. The summed E-state index contributed by atoms with van der Waals surface area (Å²) in [7, 11) is 0.622. The summed E-state index contributed by atoms with van der Waals surface area (Å²) < 4.78 is 2.03. The second kappa shape index (κ2) is 5.07. The Bertz CT molecular complexity index is 396. The molecule has 0 saturated heterocycles. The topological polar surface area (TPSA) is 32.7 Å². The predicted octanol–water partition coefficient (Wildman–Crippen LogP) is 2.60. The molecule has 0 amide bonds. The average Bonchev–Trinajstić information content (AvgIpc) is 2.25. The van der Waals surface area contributed by atoms with E-state index < -0.39 is 8.24 Å². The van der Waals surface area contributed by atoms with E-state index in [4.69, 9.17) is 0 Å². The first kappa shape index (κ1) is 12.6. The first-order valence-electron chi connectivity index (χ1n) is 5.26. The third-order valence-electron chi connectivity index (χ3n) is 2.40. The van der Waals surface area contributed by atoms with Gasteiger partial charge in [0.25, 0.3) is 0 Å². The Labute approximate surface area is 97.9 Å². The summed E-state index contributed by atoms with van der Waals surface area (Å²) in [6, 6.07) is 7.41. The van der Waals surface area contributed by atoms with Gasteiger partial charge in [-0.05, 0) is 11.6 Å². The molecule has 0 aromatic heterocycles. The molecule has 0 N–H and O–H groups in total. The van der Waals surface area contributed by atoms with E-state index in [1.807, 2.05) is 29.9 Å². The van der Waals surface area contributed by atoms with Crippen molar-refractivity contribution in [1.29, 1.82) is 0 Å². The molecular formula is C12H18N2OSi. The second-order valence-electron chi connectivity index (χ2n) is 4.73. The van der Waals surface area contributed by atoms with Crippen LogP contribution in [0.1, 0.15) is 15.9 Å². The maximum Gasteiger partial charge on any atom is 0.168 e. The molecule has 1 aromatic rings. The molecule has 0 fully saturated rings. The fourth-order valence-corrected chi connectivity index (χ4v) is 1.44. The molecule has 0 atom stereocenters.